The zero-order valence-corrected chi connectivity index (χ0v) is 16.5. The molecule has 2 aromatic heterocycles. The van der Waals surface area contributed by atoms with Gasteiger partial charge in [0.05, 0.1) is 30.2 Å². The predicted molar refractivity (Wildman–Crippen MR) is 110 cm³/mol. The lowest BCUT2D eigenvalue weighted by Gasteiger charge is -2.18. The normalized spacial score (nSPS) is 10.4. The van der Waals surface area contributed by atoms with E-state index in [9.17, 15) is 4.79 Å². The van der Waals surface area contributed by atoms with Gasteiger partial charge in [-0.15, -0.1) is 0 Å². The Morgan fingerprint density at radius 3 is 2.68 bits per heavy atom. The largest absolute Gasteiger partial charge is 0.495 e. The minimum Gasteiger partial charge on any atom is -0.495 e. The van der Waals surface area contributed by atoms with Gasteiger partial charge in [-0.05, 0) is 48.4 Å². The highest BCUT2D eigenvalue weighted by molar-refractivity contribution is 6.31. The monoisotopic (exact) mass is 396 g/mol. The first-order chi connectivity index (χ1) is 13.6. The smallest absolute Gasteiger partial charge is 0.255 e. The second kappa shape index (κ2) is 9.19. The van der Waals surface area contributed by atoms with Crippen LogP contribution in [0.15, 0.2) is 61.2 Å². The standard InChI is InChI=1S/C21H21ClN4O2/c1-26(10-7-15-5-8-23-9-6-15)21(27)16-11-18(14-24-13-16)25-19-12-17(22)3-4-20(19)28-2/h3-6,8-9,11-14,25H,7,10H2,1-2H3. The lowest BCUT2D eigenvalue weighted by atomic mass is 10.2. The zero-order chi connectivity index (χ0) is 19.9. The van der Waals surface area contributed by atoms with Crippen LogP contribution in [0.2, 0.25) is 5.02 Å². The van der Waals surface area contributed by atoms with E-state index in [0.29, 0.717) is 34.3 Å². The average Bonchev–Trinajstić information content (AvgIpc) is 2.72. The Balaban J connectivity index is 1.70. The van der Waals surface area contributed by atoms with E-state index in [1.165, 1.54) is 0 Å². The molecule has 0 saturated heterocycles. The van der Waals surface area contributed by atoms with Crippen LogP contribution >= 0.6 is 11.6 Å². The van der Waals surface area contributed by atoms with E-state index < -0.39 is 0 Å². The molecular weight excluding hydrogens is 376 g/mol. The van der Waals surface area contributed by atoms with Gasteiger partial charge in [0.15, 0.2) is 0 Å². The maximum atomic E-state index is 12.7. The van der Waals surface area contributed by atoms with E-state index in [1.807, 2.05) is 12.1 Å². The summed E-state index contributed by atoms with van der Waals surface area (Å²) in [6.45, 7) is 0.600. The number of carbonyl (C=O) groups is 1. The van der Waals surface area contributed by atoms with Crippen molar-refractivity contribution in [3.63, 3.8) is 0 Å². The third kappa shape index (κ3) is 4.98. The van der Waals surface area contributed by atoms with Gasteiger partial charge in [0.25, 0.3) is 5.91 Å². The second-order valence-corrected chi connectivity index (χ2v) is 6.70. The maximum Gasteiger partial charge on any atom is 0.255 e. The molecule has 0 unspecified atom stereocenters. The minimum absolute atomic E-state index is 0.0942. The fraction of sp³-hybridized carbons (Fsp3) is 0.190. The third-order valence-electron chi connectivity index (χ3n) is 4.26. The highest BCUT2D eigenvalue weighted by Gasteiger charge is 2.13. The average molecular weight is 397 g/mol. The van der Waals surface area contributed by atoms with E-state index in [0.717, 1.165) is 12.0 Å². The summed E-state index contributed by atoms with van der Waals surface area (Å²) in [5, 5.41) is 3.79. The molecule has 0 spiro atoms. The Bertz CT molecular complexity index is 950. The third-order valence-corrected chi connectivity index (χ3v) is 4.49. The molecule has 0 aliphatic heterocycles. The fourth-order valence-electron chi connectivity index (χ4n) is 2.73. The number of hydrogen-bond donors (Lipinski definition) is 1. The van der Waals surface area contributed by atoms with Crippen LogP contribution in [0.4, 0.5) is 11.4 Å². The number of pyridine rings is 2. The first-order valence-electron chi connectivity index (χ1n) is 8.77. The Kier molecular flexibility index (Phi) is 6.45. The van der Waals surface area contributed by atoms with Crippen LogP contribution in [0.25, 0.3) is 0 Å². The van der Waals surface area contributed by atoms with Crippen molar-refractivity contribution < 1.29 is 9.53 Å². The Morgan fingerprint density at radius 1 is 1.14 bits per heavy atom. The molecule has 28 heavy (non-hydrogen) atoms. The number of likely N-dealkylation sites (N-methyl/N-ethyl adjacent to an activating group) is 1. The molecule has 0 fully saturated rings. The second-order valence-electron chi connectivity index (χ2n) is 6.26. The number of aromatic nitrogens is 2. The van der Waals surface area contributed by atoms with Crippen molar-refractivity contribution >= 4 is 28.9 Å². The highest BCUT2D eigenvalue weighted by atomic mass is 35.5. The van der Waals surface area contributed by atoms with Gasteiger partial charge in [-0.25, -0.2) is 0 Å². The summed E-state index contributed by atoms with van der Waals surface area (Å²) in [4.78, 5) is 22.6. The van der Waals surface area contributed by atoms with Crippen molar-refractivity contribution in [3.8, 4) is 5.75 Å². The topological polar surface area (TPSA) is 67.3 Å². The van der Waals surface area contributed by atoms with Crippen molar-refractivity contribution in [2.45, 2.75) is 6.42 Å². The maximum absolute atomic E-state index is 12.7. The van der Waals surface area contributed by atoms with Gasteiger partial charge in [0.1, 0.15) is 5.75 Å². The molecule has 7 heteroatoms. The molecule has 0 bridgehead atoms. The number of anilines is 2. The number of halogens is 1. The number of benzene rings is 1. The van der Waals surface area contributed by atoms with Crippen LogP contribution in [0.3, 0.4) is 0 Å². The Morgan fingerprint density at radius 2 is 1.93 bits per heavy atom. The molecule has 1 aromatic carbocycles. The van der Waals surface area contributed by atoms with Crippen LogP contribution in [0.1, 0.15) is 15.9 Å². The molecule has 3 aromatic rings. The van der Waals surface area contributed by atoms with Gasteiger partial charge in [-0.3, -0.25) is 14.8 Å². The highest BCUT2D eigenvalue weighted by Crippen LogP contribution is 2.30. The van der Waals surface area contributed by atoms with Crippen LogP contribution in [0, 0.1) is 0 Å². The molecular formula is C21H21ClN4O2. The van der Waals surface area contributed by atoms with Gasteiger partial charge < -0.3 is 15.0 Å². The SMILES string of the molecule is COc1ccc(Cl)cc1Nc1cncc(C(=O)N(C)CCc2ccncc2)c1. The molecule has 0 aliphatic rings. The van der Waals surface area contributed by atoms with Crippen molar-refractivity contribution in [2.75, 3.05) is 26.0 Å². The first kappa shape index (κ1) is 19.6. The molecule has 6 nitrogen and oxygen atoms in total. The molecule has 1 N–H and O–H groups in total. The molecule has 3 rings (SSSR count). The molecule has 2 heterocycles. The summed E-state index contributed by atoms with van der Waals surface area (Å²) >= 11 is 6.07. The van der Waals surface area contributed by atoms with Gasteiger partial charge >= 0.3 is 0 Å². The van der Waals surface area contributed by atoms with E-state index in [-0.39, 0.29) is 5.91 Å². The number of carbonyl (C=O) groups excluding carboxylic acids is 1. The van der Waals surface area contributed by atoms with Crippen molar-refractivity contribution in [3.05, 3.63) is 77.3 Å². The van der Waals surface area contributed by atoms with E-state index >= 15 is 0 Å². The van der Waals surface area contributed by atoms with Crippen molar-refractivity contribution in [1.29, 1.82) is 0 Å². The summed E-state index contributed by atoms with van der Waals surface area (Å²) in [6.07, 6.45) is 7.47. The summed E-state index contributed by atoms with van der Waals surface area (Å²) in [5.41, 5.74) is 3.01. The van der Waals surface area contributed by atoms with Crippen LogP contribution in [0.5, 0.6) is 5.75 Å². The quantitative estimate of drug-likeness (QED) is 0.648. The Labute approximate surface area is 169 Å². The number of ether oxygens (including phenoxy) is 1. The van der Waals surface area contributed by atoms with Gasteiger partial charge in [0.2, 0.25) is 0 Å². The minimum atomic E-state index is -0.0942. The van der Waals surface area contributed by atoms with Crippen molar-refractivity contribution in [1.82, 2.24) is 14.9 Å². The van der Waals surface area contributed by atoms with Crippen LogP contribution < -0.4 is 10.1 Å². The summed E-state index contributed by atoms with van der Waals surface area (Å²) in [5.74, 6) is 0.555. The zero-order valence-electron chi connectivity index (χ0n) is 15.7. The first-order valence-corrected chi connectivity index (χ1v) is 9.14. The lowest BCUT2D eigenvalue weighted by Crippen LogP contribution is -2.29. The summed E-state index contributed by atoms with van der Waals surface area (Å²) in [7, 11) is 3.37. The molecule has 0 aliphatic carbocycles. The number of nitrogens with zero attached hydrogens (tertiary/aromatic N) is 3. The molecule has 0 radical (unpaired) electrons. The van der Waals surface area contributed by atoms with Crippen molar-refractivity contribution in [2.24, 2.45) is 0 Å². The predicted octanol–water partition coefficient (Wildman–Crippen LogP) is 4.20. The molecule has 0 atom stereocenters. The fourth-order valence-corrected chi connectivity index (χ4v) is 2.90. The Hall–Kier alpha value is -3.12. The summed E-state index contributed by atoms with van der Waals surface area (Å²) in [6, 6.07) is 10.9. The number of amides is 1. The van der Waals surface area contributed by atoms with Gasteiger partial charge in [-0.1, -0.05) is 11.6 Å². The molecule has 1 amide bonds. The molecule has 144 valence electrons. The van der Waals surface area contributed by atoms with Crippen LogP contribution in [-0.2, 0) is 6.42 Å². The number of methoxy groups -OCH3 is 1. The van der Waals surface area contributed by atoms with Crippen LogP contribution in [-0.4, -0.2) is 41.5 Å². The van der Waals surface area contributed by atoms with Gasteiger partial charge in [-0.2, -0.15) is 0 Å². The summed E-state index contributed by atoms with van der Waals surface area (Å²) < 4.78 is 5.34. The van der Waals surface area contributed by atoms with E-state index in [1.54, 1.807) is 68.1 Å². The lowest BCUT2D eigenvalue weighted by molar-refractivity contribution is 0.0796. The van der Waals surface area contributed by atoms with Gasteiger partial charge in [0, 0.05) is 37.2 Å². The number of rotatable bonds is 7. The van der Waals surface area contributed by atoms with E-state index in [2.05, 4.69) is 15.3 Å². The molecule has 0 saturated carbocycles. The van der Waals surface area contributed by atoms with E-state index in [4.69, 9.17) is 16.3 Å². The number of hydrogen-bond acceptors (Lipinski definition) is 5. The number of nitrogens with one attached hydrogen (secondary N) is 1.